The molecule has 2 heterocycles. The number of ether oxygens (including phenoxy) is 2. The van der Waals surface area contributed by atoms with Crippen LogP contribution in [0.3, 0.4) is 0 Å². The molecule has 2 atom stereocenters. The highest BCUT2D eigenvalue weighted by molar-refractivity contribution is 8.18. The average Bonchev–Trinajstić information content (AvgIpc) is 2.60. The van der Waals surface area contributed by atoms with Gasteiger partial charge in [-0.25, -0.2) is 0 Å². The van der Waals surface area contributed by atoms with Gasteiger partial charge in [-0.05, 0) is 61.7 Å². The van der Waals surface area contributed by atoms with Gasteiger partial charge in [0.1, 0.15) is 0 Å². The van der Waals surface area contributed by atoms with Crippen LogP contribution >= 0.6 is 23.5 Å². The molecule has 2 saturated heterocycles. The van der Waals surface area contributed by atoms with E-state index in [0.717, 1.165) is 32.7 Å². The molecule has 26 heavy (non-hydrogen) atoms. The van der Waals surface area contributed by atoms with Gasteiger partial charge in [0, 0.05) is 19.1 Å². The summed E-state index contributed by atoms with van der Waals surface area (Å²) in [4.78, 5) is 0. The summed E-state index contributed by atoms with van der Waals surface area (Å²) in [5.41, 5.74) is 0. The van der Waals surface area contributed by atoms with Gasteiger partial charge in [0.2, 0.25) is 0 Å². The van der Waals surface area contributed by atoms with Crippen LogP contribution in [0.15, 0.2) is 0 Å². The molecule has 154 valence electrons. The lowest BCUT2D eigenvalue weighted by Gasteiger charge is -2.43. The fourth-order valence-corrected chi connectivity index (χ4v) is 7.66. The van der Waals surface area contributed by atoms with Crippen molar-refractivity contribution in [1.29, 1.82) is 0 Å². The van der Waals surface area contributed by atoms with E-state index in [-0.39, 0.29) is 15.4 Å². The Morgan fingerprint density at radius 2 is 1.85 bits per heavy atom. The Morgan fingerprint density at radius 3 is 2.42 bits per heavy atom. The van der Waals surface area contributed by atoms with Crippen molar-refractivity contribution >= 4 is 31.8 Å². The smallest absolute Gasteiger partial charge is 0.191 e. The van der Waals surface area contributed by atoms with E-state index in [1.165, 1.54) is 30.8 Å². The Bertz CT molecular complexity index is 414. The molecule has 0 aromatic carbocycles. The Kier molecular flexibility index (Phi) is 8.89. The van der Waals surface area contributed by atoms with Crippen LogP contribution in [0.2, 0.25) is 18.1 Å². The summed E-state index contributed by atoms with van der Waals surface area (Å²) in [6.45, 7) is 16.6. The molecule has 6 heteroatoms. The topological polar surface area (TPSA) is 27.7 Å². The van der Waals surface area contributed by atoms with Gasteiger partial charge in [-0.1, -0.05) is 27.7 Å². The van der Waals surface area contributed by atoms with Gasteiger partial charge >= 0.3 is 0 Å². The lowest BCUT2D eigenvalue weighted by atomic mass is 10.1. The zero-order valence-electron chi connectivity index (χ0n) is 17.8. The fourth-order valence-electron chi connectivity index (χ4n) is 3.12. The molecule has 0 saturated carbocycles. The molecule has 0 aromatic heterocycles. The van der Waals surface area contributed by atoms with Crippen LogP contribution in [0.25, 0.3) is 0 Å². The van der Waals surface area contributed by atoms with E-state index in [1.54, 1.807) is 0 Å². The minimum Gasteiger partial charge on any atom is -0.416 e. The summed E-state index contributed by atoms with van der Waals surface area (Å²) >= 11 is 4.28. The van der Waals surface area contributed by atoms with Gasteiger partial charge in [-0.2, -0.15) is 0 Å². The summed E-state index contributed by atoms with van der Waals surface area (Å²) < 4.78 is 18.6. The number of thioether (sulfide) groups is 2. The van der Waals surface area contributed by atoms with Gasteiger partial charge in [0.15, 0.2) is 14.6 Å². The Hall–Kier alpha value is 0.797. The van der Waals surface area contributed by atoms with Gasteiger partial charge in [-0.3, -0.25) is 0 Å². The van der Waals surface area contributed by atoms with E-state index in [1.807, 2.05) is 0 Å². The highest BCUT2D eigenvalue weighted by Crippen LogP contribution is 2.50. The Balaban J connectivity index is 1.89. The van der Waals surface area contributed by atoms with Crippen molar-refractivity contribution in [2.45, 2.75) is 88.3 Å². The van der Waals surface area contributed by atoms with Crippen molar-refractivity contribution in [3.05, 3.63) is 0 Å². The molecule has 0 aromatic rings. The molecule has 0 radical (unpaired) electrons. The normalized spacial score (nSPS) is 25.8. The zero-order valence-corrected chi connectivity index (χ0v) is 20.4. The van der Waals surface area contributed by atoms with E-state index in [0.29, 0.717) is 5.92 Å². The predicted octanol–water partition coefficient (Wildman–Crippen LogP) is 6.14. The summed E-state index contributed by atoms with van der Waals surface area (Å²) in [6.07, 6.45) is 5.90. The maximum absolute atomic E-state index is 6.58. The van der Waals surface area contributed by atoms with Gasteiger partial charge in [-0.15, -0.1) is 23.5 Å². The minimum absolute atomic E-state index is 0.0261. The molecule has 0 N–H and O–H groups in total. The fraction of sp³-hybridized carbons (Fsp3) is 1.00. The highest BCUT2D eigenvalue weighted by atomic mass is 32.2. The lowest BCUT2D eigenvalue weighted by Crippen LogP contribution is -2.45. The summed E-state index contributed by atoms with van der Waals surface area (Å²) in [6, 6.07) is 0. The quantitative estimate of drug-likeness (QED) is 0.439. The second kappa shape index (κ2) is 10.0. The molecule has 0 bridgehead atoms. The number of hydrogen-bond donors (Lipinski definition) is 0. The molecular weight excluding hydrogens is 380 g/mol. The molecule has 0 amide bonds. The first-order valence-electron chi connectivity index (χ1n) is 10.3. The van der Waals surface area contributed by atoms with E-state index in [4.69, 9.17) is 13.9 Å². The highest BCUT2D eigenvalue weighted by Gasteiger charge is 2.42. The van der Waals surface area contributed by atoms with Crippen LogP contribution in [-0.4, -0.2) is 50.0 Å². The van der Waals surface area contributed by atoms with Crippen molar-refractivity contribution in [1.82, 2.24) is 0 Å². The van der Waals surface area contributed by atoms with Crippen LogP contribution in [0.1, 0.15) is 59.8 Å². The van der Waals surface area contributed by atoms with Crippen molar-refractivity contribution in [3.8, 4) is 0 Å². The van der Waals surface area contributed by atoms with Gasteiger partial charge in [0.05, 0.1) is 10.7 Å². The first-order chi connectivity index (χ1) is 12.2. The maximum Gasteiger partial charge on any atom is 0.191 e. The van der Waals surface area contributed by atoms with E-state index in [9.17, 15) is 0 Å². The van der Waals surface area contributed by atoms with Crippen molar-refractivity contribution < 1.29 is 13.9 Å². The SMILES string of the molecule is C[C@H](CO[Si](C)(C)C(C)(C)C)C1(CCOC2CCCCO2)SCCCS1. The van der Waals surface area contributed by atoms with E-state index >= 15 is 0 Å². The standard InChI is InChI=1S/C20H40O3S2Si/c1-17(16-23-26(5,6)19(2,3)4)20(24-14-9-15-25-20)11-13-22-18-10-7-8-12-21-18/h17-18H,7-16H2,1-6H3/t17-,18?/m1/s1. The second-order valence-corrected chi connectivity index (χ2v) is 17.2. The monoisotopic (exact) mass is 420 g/mol. The van der Waals surface area contributed by atoms with Crippen LogP contribution in [0.5, 0.6) is 0 Å². The van der Waals surface area contributed by atoms with E-state index in [2.05, 4.69) is 64.3 Å². The van der Waals surface area contributed by atoms with Crippen LogP contribution in [0, 0.1) is 5.92 Å². The zero-order chi connectivity index (χ0) is 19.3. The van der Waals surface area contributed by atoms with Gasteiger partial charge < -0.3 is 13.9 Å². The van der Waals surface area contributed by atoms with Crippen molar-refractivity contribution in [2.24, 2.45) is 5.92 Å². The Morgan fingerprint density at radius 1 is 1.15 bits per heavy atom. The number of hydrogen-bond acceptors (Lipinski definition) is 5. The third-order valence-corrected chi connectivity index (χ3v) is 14.5. The molecule has 2 aliphatic heterocycles. The average molecular weight is 421 g/mol. The van der Waals surface area contributed by atoms with Crippen LogP contribution in [0.4, 0.5) is 0 Å². The Labute approximate surface area is 171 Å². The van der Waals surface area contributed by atoms with Crippen molar-refractivity contribution in [3.63, 3.8) is 0 Å². The van der Waals surface area contributed by atoms with Crippen LogP contribution in [-0.2, 0) is 13.9 Å². The molecule has 3 nitrogen and oxygen atoms in total. The molecule has 2 aliphatic rings. The summed E-state index contributed by atoms with van der Waals surface area (Å²) in [7, 11) is -1.69. The number of rotatable bonds is 8. The third kappa shape index (κ3) is 6.41. The van der Waals surface area contributed by atoms with Crippen LogP contribution < -0.4 is 0 Å². The molecule has 2 fully saturated rings. The second-order valence-electron chi connectivity index (χ2n) is 9.25. The first kappa shape index (κ1) is 23.1. The molecule has 2 rings (SSSR count). The molecule has 0 aliphatic carbocycles. The predicted molar refractivity (Wildman–Crippen MR) is 119 cm³/mol. The summed E-state index contributed by atoms with van der Waals surface area (Å²) in [5.74, 6) is 3.05. The maximum atomic E-state index is 6.58. The summed E-state index contributed by atoms with van der Waals surface area (Å²) in [5, 5.41) is 0.272. The minimum atomic E-state index is -1.69. The molecule has 1 unspecified atom stereocenters. The molecular formula is C20H40O3S2Si. The van der Waals surface area contributed by atoms with E-state index < -0.39 is 8.32 Å². The largest absolute Gasteiger partial charge is 0.416 e. The third-order valence-electron chi connectivity index (χ3n) is 6.12. The lowest BCUT2D eigenvalue weighted by molar-refractivity contribution is -0.163. The molecule has 0 spiro atoms. The van der Waals surface area contributed by atoms with Gasteiger partial charge in [0.25, 0.3) is 0 Å². The first-order valence-corrected chi connectivity index (χ1v) is 15.2. The van der Waals surface area contributed by atoms with Crippen molar-refractivity contribution in [2.75, 3.05) is 31.3 Å².